The summed E-state index contributed by atoms with van der Waals surface area (Å²) in [6.07, 6.45) is 0. The van der Waals surface area contributed by atoms with E-state index in [-0.39, 0.29) is 17.0 Å². The first-order valence-electron chi connectivity index (χ1n) is 11.8. The van der Waals surface area contributed by atoms with Gasteiger partial charge in [0, 0.05) is 44.0 Å². The molecule has 1 aromatic heterocycles. The summed E-state index contributed by atoms with van der Waals surface area (Å²) in [5.41, 5.74) is 1.21. The Morgan fingerprint density at radius 1 is 1.05 bits per heavy atom. The van der Waals surface area contributed by atoms with Crippen LogP contribution in [-0.4, -0.2) is 85.4 Å². The zero-order valence-corrected chi connectivity index (χ0v) is 22.5. The summed E-state index contributed by atoms with van der Waals surface area (Å²) in [7, 11) is -2.96. The Hall–Kier alpha value is -4.11. The number of hydrogen-bond donors (Lipinski definition) is 0. The number of piperazine rings is 1. The molecule has 0 radical (unpaired) electrons. The predicted molar refractivity (Wildman–Crippen MR) is 143 cm³/mol. The lowest BCUT2D eigenvalue weighted by Crippen LogP contribution is -2.50. The number of aromatic nitrogens is 1. The third-order valence-electron chi connectivity index (χ3n) is 6.05. The predicted octanol–water partition coefficient (Wildman–Crippen LogP) is 0.975. The monoisotopic (exact) mass is 575 g/mol. The minimum Gasteiger partial charge on any atom is -0.468 e. The number of esters is 1. The summed E-state index contributed by atoms with van der Waals surface area (Å²) in [4.78, 5) is 55.2. The van der Waals surface area contributed by atoms with E-state index in [0.717, 1.165) is 17.0 Å². The van der Waals surface area contributed by atoms with Crippen molar-refractivity contribution in [3.8, 4) is 0 Å². The van der Waals surface area contributed by atoms with Gasteiger partial charge in [-0.3, -0.25) is 24.5 Å². The molecule has 0 spiro atoms. The van der Waals surface area contributed by atoms with Crippen LogP contribution >= 0.6 is 11.3 Å². The van der Waals surface area contributed by atoms with E-state index in [2.05, 4.69) is 14.6 Å². The smallest absolute Gasteiger partial charge is 0.325 e. The zero-order chi connectivity index (χ0) is 28.2. The maximum Gasteiger partial charge on any atom is 0.325 e. The van der Waals surface area contributed by atoms with Crippen molar-refractivity contribution >= 4 is 60.5 Å². The number of non-ortho nitro benzene ring substituents is 1. The summed E-state index contributed by atoms with van der Waals surface area (Å²) in [5, 5.41) is 11.1. The minimum absolute atomic E-state index is 0.0283. The molecule has 15 heteroatoms. The molecule has 2 aromatic carbocycles. The lowest BCUT2D eigenvalue weighted by Gasteiger charge is -2.36. The number of rotatable bonds is 8. The molecular weight excluding hydrogens is 550 g/mol. The number of nitrogens with zero attached hydrogens (tertiary/aromatic N) is 5. The van der Waals surface area contributed by atoms with Gasteiger partial charge in [-0.05, 0) is 18.2 Å². The maximum absolute atomic E-state index is 12.7. The lowest BCUT2D eigenvalue weighted by molar-refractivity contribution is -0.384. The van der Waals surface area contributed by atoms with Crippen LogP contribution in [0.25, 0.3) is 10.2 Å². The van der Waals surface area contributed by atoms with Crippen molar-refractivity contribution in [3.63, 3.8) is 0 Å². The van der Waals surface area contributed by atoms with Crippen LogP contribution in [0.2, 0.25) is 0 Å². The van der Waals surface area contributed by atoms with E-state index in [1.165, 1.54) is 34.8 Å². The molecular formula is C24H25N5O8S2. The van der Waals surface area contributed by atoms with Gasteiger partial charge < -0.3 is 19.1 Å². The average Bonchev–Trinajstić information content (AvgIpc) is 3.23. The number of amides is 2. The number of anilines is 1. The van der Waals surface area contributed by atoms with Crippen molar-refractivity contribution in [1.82, 2.24) is 9.47 Å². The van der Waals surface area contributed by atoms with Crippen molar-refractivity contribution in [1.29, 1.82) is 0 Å². The topological polar surface area (TPSA) is 161 Å². The molecule has 2 heterocycles. The first-order chi connectivity index (χ1) is 18.6. The fourth-order valence-corrected chi connectivity index (χ4v) is 6.30. The fraction of sp³-hybridized carbons (Fsp3) is 0.333. The van der Waals surface area contributed by atoms with Crippen molar-refractivity contribution in [2.24, 2.45) is 4.99 Å². The second kappa shape index (κ2) is 11.7. The highest BCUT2D eigenvalue weighted by Gasteiger charge is 2.27. The van der Waals surface area contributed by atoms with Gasteiger partial charge in [0.25, 0.3) is 11.6 Å². The lowest BCUT2D eigenvalue weighted by atomic mass is 10.2. The number of methoxy groups -OCH3 is 1. The molecule has 0 aliphatic carbocycles. The molecule has 3 aromatic rings. The first-order valence-corrected chi connectivity index (χ1v) is 14.4. The Morgan fingerprint density at radius 3 is 2.38 bits per heavy atom. The van der Waals surface area contributed by atoms with Crippen LogP contribution in [0.3, 0.4) is 0 Å². The zero-order valence-electron chi connectivity index (χ0n) is 20.9. The Kier molecular flexibility index (Phi) is 8.40. The number of nitro groups is 1. The maximum atomic E-state index is 12.7. The van der Waals surface area contributed by atoms with Crippen LogP contribution in [0.1, 0.15) is 0 Å². The molecule has 39 heavy (non-hydrogen) atoms. The summed E-state index contributed by atoms with van der Waals surface area (Å²) in [5.74, 6) is -4.12. The van der Waals surface area contributed by atoms with Crippen LogP contribution < -0.4 is 9.70 Å². The molecule has 2 amide bonds. The van der Waals surface area contributed by atoms with E-state index in [9.17, 15) is 32.9 Å². The molecule has 206 valence electrons. The number of carbonyl (C=O) groups excluding carboxylic acids is 3. The minimum atomic E-state index is -4.14. The van der Waals surface area contributed by atoms with Crippen LogP contribution in [0.4, 0.5) is 11.4 Å². The number of nitro benzene ring substituents is 1. The van der Waals surface area contributed by atoms with Crippen LogP contribution in [0.5, 0.6) is 0 Å². The molecule has 0 bridgehead atoms. The van der Waals surface area contributed by atoms with Gasteiger partial charge in [0.05, 0.1) is 22.2 Å². The van der Waals surface area contributed by atoms with Gasteiger partial charge in [-0.2, -0.15) is 4.99 Å². The summed E-state index contributed by atoms with van der Waals surface area (Å²) >= 11 is 0.886. The molecule has 0 saturated carbocycles. The van der Waals surface area contributed by atoms with Gasteiger partial charge in [-0.15, -0.1) is 0 Å². The second-order valence-electron chi connectivity index (χ2n) is 8.70. The summed E-state index contributed by atoms with van der Waals surface area (Å²) in [6.45, 7) is 1.45. The van der Waals surface area contributed by atoms with Gasteiger partial charge in [0.15, 0.2) is 14.6 Å². The Balaban J connectivity index is 1.46. The average molecular weight is 576 g/mol. The van der Waals surface area contributed by atoms with Crippen LogP contribution in [-0.2, 0) is 35.5 Å². The third kappa shape index (κ3) is 6.86. The second-order valence-corrected chi connectivity index (χ2v) is 11.8. The number of fused-ring (bicyclic) bond motifs is 1. The van der Waals surface area contributed by atoms with Crippen molar-refractivity contribution in [2.45, 2.75) is 6.54 Å². The van der Waals surface area contributed by atoms with Crippen molar-refractivity contribution < 1.29 is 32.5 Å². The van der Waals surface area contributed by atoms with E-state index in [0.29, 0.717) is 36.4 Å². The van der Waals surface area contributed by atoms with Gasteiger partial charge in [0.1, 0.15) is 18.1 Å². The molecule has 13 nitrogen and oxygen atoms in total. The number of sulfone groups is 1. The summed E-state index contributed by atoms with van der Waals surface area (Å²) in [6, 6.07) is 13.6. The number of hydrogen-bond acceptors (Lipinski definition) is 10. The van der Waals surface area contributed by atoms with E-state index in [1.807, 2.05) is 30.3 Å². The normalized spacial score (nSPS) is 14.4. The highest BCUT2D eigenvalue weighted by Crippen LogP contribution is 2.23. The number of carbonyl (C=O) groups is 3. The van der Waals surface area contributed by atoms with E-state index in [4.69, 9.17) is 0 Å². The standard InChI is InChI=1S/C24H25N5O8S2/c1-37-23(32)14-28-19-8-7-18(29(33)34)13-20(19)38-24(28)25-21(30)15-39(35,36)16-22(31)27-11-9-26(10-12-27)17-5-3-2-4-6-17/h2-8,13H,9-12,14-16H2,1H3. The number of para-hydroxylation sites is 1. The quantitative estimate of drug-likeness (QED) is 0.216. The summed E-state index contributed by atoms with van der Waals surface area (Å²) < 4.78 is 31.7. The Bertz CT molecular complexity index is 1590. The van der Waals surface area contributed by atoms with E-state index < -0.39 is 44.0 Å². The van der Waals surface area contributed by atoms with Gasteiger partial charge in [-0.1, -0.05) is 29.5 Å². The van der Waals surface area contributed by atoms with Gasteiger partial charge in [-0.25, -0.2) is 8.42 Å². The SMILES string of the molecule is COC(=O)Cn1c(=NC(=O)CS(=O)(=O)CC(=O)N2CCN(c3ccccc3)CC2)sc2cc([N+](=O)[O-])ccc21. The van der Waals surface area contributed by atoms with Crippen molar-refractivity contribution in [2.75, 3.05) is 49.7 Å². The molecule has 4 rings (SSSR count). The van der Waals surface area contributed by atoms with Crippen LogP contribution in [0.15, 0.2) is 53.5 Å². The first kappa shape index (κ1) is 27.9. The number of benzene rings is 2. The van der Waals surface area contributed by atoms with Crippen LogP contribution in [0, 0.1) is 10.1 Å². The van der Waals surface area contributed by atoms with Gasteiger partial charge >= 0.3 is 5.97 Å². The third-order valence-corrected chi connectivity index (χ3v) is 8.47. The fourth-order valence-electron chi connectivity index (χ4n) is 4.12. The molecule has 1 saturated heterocycles. The highest BCUT2D eigenvalue weighted by molar-refractivity contribution is 7.92. The molecule has 1 fully saturated rings. The number of ether oxygens (including phenoxy) is 1. The number of thiazole rings is 1. The molecule has 0 N–H and O–H groups in total. The molecule has 0 unspecified atom stereocenters. The largest absolute Gasteiger partial charge is 0.468 e. The Morgan fingerprint density at radius 2 is 1.74 bits per heavy atom. The molecule has 1 aliphatic heterocycles. The highest BCUT2D eigenvalue weighted by atomic mass is 32.2. The Labute approximate surface area is 227 Å². The molecule has 0 atom stereocenters. The van der Waals surface area contributed by atoms with E-state index >= 15 is 0 Å². The van der Waals surface area contributed by atoms with Gasteiger partial charge in [0.2, 0.25) is 5.91 Å². The molecule has 1 aliphatic rings. The van der Waals surface area contributed by atoms with E-state index in [1.54, 1.807) is 0 Å². The van der Waals surface area contributed by atoms with Crippen molar-refractivity contribution in [3.05, 3.63) is 63.4 Å².